The molecule has 0 saturated carbocycles. The maximum atomic E-state index is 12.6. The van der Waals surface area contributed by atoms with Gasteiger partial charge in [0.2, 0.25) is 23.6 Å². The lowest BCUT2D eigenvalue weighted by Crippen LogP contribution is -2.54. The summed E-state index contributed by atoms with van der Waals surface area (Å²) >= 11 is 0. The molecule has 45 heavy (non-hydrogen) atoms. The van der Waals surface area contributed by atoms with Crippen LogP contribution in [0.5, 0.6) is 0 Å². The molecule has 0 bridgehead atoms. The first-order valence-electron chi connectivity index (χ1n) is 13.9. The van der Waals surface area contributed by atoms with Gasteiger partial charge in [0.25, 0.3) is 16.0 Å². The van der Waals surface area contributed by atoms with Gasteiger partial charge in [-0.3, -0.25) is 33.3 Å². The van der Waals surface area contributed by atoms with E-state index in [2.05, 4.69) is 10.6 Å². The lowest BCUT2D eigenvalue weighted by atomic mass is 10.1. The van der Waals surface area contributed by atoms with E-state index in [1.165, 1.54) is 0 Å². The first kappa shape index (κ1) is 38.4. The number of carbonyl (C=O) groups is 7. The number of hydrogen-bond acceptors (Lipinski definition) is 9. The molecule has 0 aliphatic carbocycles. The smallest absolute Gasteiger partial charge is 0.326 e. The Hall–Kier alpha value is -4.58. The first-order chi connectivity index (χ1) is 21.0. The fourth-order valence-corrected chi connectivity index (χ4v) is 4.56. The molecule has 0 aromatic heterocycles. The van der Waals surface area contributed by atoms with Gasteiger partial charge in [0.05, 0.1) is 0 Å². The lowest BCUT2D eigenvalue weighted by molar-refractivity contribution is -0.142. The molecule has 0 heterocycles. The molecule has 18 heteroatoms. The minimum Gasteiger partial charge on any atom is -0.481 e. The van der Waals surface area contributed by atoms with E-state index in [9.17, 15) is 47.1 Å². The summed E-state index contributed by atoms with van der Waals surface area (Å²) in [4.78, 5) is 83.4. The van der Waals surface area contributed by atoms with Crippen LogP contribution in [0.3, 0.4) is 0 Å². The molecule has 0 radical (unpaired) electrons. The summed E-state index contributed by atoms with van der Waals surface area (Å²) < 4.78 is 31.9. The molecule has 0 saturated heterocycles. The summed E-state index contributed by atoms with van der Waals surface area (Å²) in [5.41, 5.74) is 6.86. The predicted molar refractivity (Wildman–Crippen MR) is 157 cm³/mol. The molecule has 5 amide bonds. The Morgan fingerprint density at radius 3 is 1.93 bits per heavy atom. The molecule has 17 nitrogen and oxygen atoms in total. The molecular weight excluding hydrogens is 618 g/mol. The van der Waals surface area contributed by atoms with E-state index >= 15 is 0 Å². The Morgan fingerprint density at radius 1 is 0.778 bits per heavy atom. The fraction of sp³-hybridized carbons (Fsp3) is 0.519. The fourth-order valence-electron chi connectivity index (χ4n) is 3.90. The van der Waals surface area contributed by atoms with Gasteiger partial charge >= 0.3 is 11.9 Å². The topological polar surface area (TPSA) is 288 Å². The zero-order valence-electron chi connectivity index (χ0n) is 24.6. The zero-order chi connectivity index (χ0) is 34.2. The van der Waals surface area contributed by atoms with Crippen molar-refractivity contribution in [2.75, 3.05) is 12.3 Å². The largest absolute Gasteiger partial charge is 0.481 e. The van der Waals surface area contributed by atoms with Crippen LogP contribution < -0.4 is 27.0 Å². The van der Waals surface area contributed by atoms with Gasteiger partial charge in [0.1, 0.15) is 23.9 Å². The van der Waals surface area contributed by atoms with E-state index in [1.54, 1.807) is 24.3 Å². The molecular formula is C27H39N5O12S. The minimum atomic E-state index is -4.83. The van der Waals surface area contributed by atoms with Crippen LogP contribution in [0.1, 0.15) is 67.3 Å². The van der Waals surface area contributed by atoms with Crippen molar-refractivity contribution in [3.8, 4) is 0 Å². The van der Waals surface area contributed by atoms with E-state index in [4.69, 9.17) is 15.4 Å². The number of primary amides is 1. The quantitative estimate of drug-likeness (QED) is 0.0574. The van der Waals surface area contributed by atoms with E-state index in [-0.39, 0.29) is 25.2 Å². The highest BCUT2D eigenvalue weighted by molar-refractivity contribution is 7.85. The molecule has 1 rings (SSSR count). The first-order valence-corrected chi connectivity index (χ1v) is 15.5. The van der Waals surface area contributed by atoms with E-state index in [1.807, 2.05) is 17.6 Å². The molecule has 0 fully saturated rings. The van der Waals surface area contributed by atoms with Crippen LogP contribution in [-0.2, 0) is 38.9 Å². The highest BCUT2D eigenvalue weighted by Crippen LogP contribution is 2.06. The van der Waals surface area contributed by atoms with Gasteiger partial charge in [-0.05, 0) is 51.2 Å². The van der Waals surface area contributed by atoms with Crippen molar-refractivity contribution in [3.63, 3.8) is 0 Å². The molecule has 1 aromatic carbocycles. The van der Waals surface area contributed by atoms with Crippen LogP contribution >= 0.6 is 0 Å². The van der Waals surface area contributed by atoms with E-state index in [0.717, 1.165) is 5.56 Å². The molecule has 3 atom stereocenters. The number of aryl methyl sites for hydroxylation is 1. The van der Waals surface area contributed by atoms with Crippen molar-refractivity contribution in [1.29, 1.82) is 0 Å². The van der Waals surface area contributed by atoms with Crippen molar-refractivity contribution >= 4 is 51.6 Å². The normalized spacial score (nSPS) is 13.0. The second-order valence-electron chi connectivity index (χ2n) is 10.2. The van der Waals surface area contributed by atoms with Crippen LogP contribution in [0, 0.1) is 6.92 Å². The van der Waals surface area contributed by atoms with Gasteiger partial charge in [-0.2, -0.15) is 8.42 Å². The number of carboxylic acid groups (broad SMARTS) is 2. The van der Waals surface area contributed by atoms with Gasteiger partial charge in [-0.25, -0.2) is 4.79 Å². The van der Waals surface area contributed by atoms with Crippen LogP contribution in [-0.4, -0.2) is 95.1 Å². The molecule has 250 valence electrons. The zero-order valence-corrected chi connectivity index (χ0v) is 25.4. The summed E-state index contributed by atoms with van der Waals surface area (Å²) in [7, 11) is -4.83. The van der Waals surface area contributed by atoms with Crippen molar-refractivity contribution in [1.82, 2.24) is 21.3 Å². The maximum absolute atomic E-state index is 12.6. The number of rotatable bonds is 21. The van der Waals surface area contributed by atoms with Crippen molar-refractivity contribution in [2.45, 2.75) is 76.4 Å². The number of unbranched alkanes of at least 4 members (excludes halogenated alkanes) is 1. The minimum absolute atomic E-state index is 0.129. The van der Waals surface area contributed by atoms with Crippen LogP contribution in [0.25, 0.3) is 0 Å². The van der Waals surface area contributed by atoms with Crippen LogP contribution in [0.2, 0.25) is 0 Å². The van der Waals surface area contributed by atoms with Gasteiger partial charge < -0.3 is 37.2 Å². The molecule has 0 aliphatic heterocycles. The number of benzene rings is 1. The predicted octanol–water partition coefficient (Wildman–Crippen LogP) is -1.16. The van der Waals surface area contributed by atoms with Gasteiger partial charge in [-0.1, -0.05) is 17.7 Å². The Morgan fingerprint density at radius 2 is 1.38 bits per heavy atom. The third kappa shape index (κ3) is 16.7. The maximum Gasteiger partial charge on any atom is 0.326 e. The standard InChI is InChI=1S/C27H39N5O12S/c1-16-8-10-17(11-9-16)25(38)29-14-3-2-5-18(24(28)37)30-22(34)13-12-19(27(40)41)32-26(39)20(15-45(42,43)44)31-21(33)6-4-7-23(35)36/h8-11,18-20H,2-7,12-15H2,1H3,(H2,28,37)(H,29,38)(H,30,34)(H,31,33)(H,32,39)(H,35,36)(H,40,41)(H,42,43,44)/t18-,19-,20-/m0/s1. The lowest BCUT2D eigenvalue weighted by Gasteiger charge is -2.21. The number of nitrogens with two attached hydrogens (primary N) is 1. The summed E-state index contributed by atoms with van der Waals surface area (Å²) in [5, 5.41) is 27.3. The number of carbonyl (C=O) groups excluding carboxylic acids is 5. The van der Waals surface area contributed by atoms with E-state index in [0.29, 0.717) is 24.9 Å². The molecule has 0 spiro atoms. The molecule has 0 aliphatic rings. The number of nitrogens with one attached hydrogen (secondary N) is 4. The summed E-state index contributed by atoms with van der Waals surface area (Å²) in [5.74, 6) is -8.19. The number of carboxylic acids is 2. The van der Waals surface area contributed by atoms with Gasteiger partial charge in [0.15, 0.2) is 0 Å². The Labute approximate surface area is 259 Å². The molecule has 9 N–H and O–H groups in total. The Balaban J connectivity index is 2.63. The van der Waals surface area contributed by atoms with Crippen molar-refractivity contribution in [3.05, 3.63) is 35.4 Å². The second kappa shape index (κ2) is 18.9. The highest BCUT2D eigenvalue weighted by Gasteiger charge is 2.30. The number of hydrogen-bond donors (Lipinski definition) is 8. The van der Waals surface area contributed by atoms with Crippen molar-refractivity contribution < 1.29 is 56.7 Å². The third-order valence-corrected chi connectivity index (χ3v) is 7.05. The second-order valence-corrected chi connectivity index (χ2v) is 11.7. The summed E-state index contributed by atoms with van der Waals surface area (Å²) in [6.45, 7) is 2.19. The van der Waals surface area contributed by atoms with Crippen LogP contribution in [0.4, 0.5) is 0 Å². The highest BCUT2D eigenvalue weighted by atomic mass is 32.2. The van der Waals surface area contributed by atoms with Gasteiger partial charge in [0, 0.05) is 31.4 Å². The summed E-state index contributed by atoms with van der Waals surface area (Å²) in [6, 6.07) is 2.22. The SMILES string of the molecule is Cc1ccc(C(=O)NCCCC[C@H](NC(=O)CC[C@H](NC(=O)[C@H](CS(=O)(=O)O)NC(=O)CCCC(=O)O)C(=O)O)C(N)=O)cc1. The summed E-state index contributed by atoms with van der Waals surface area (Å²) in [6.07, 6.45) is -0.928. The number of aliphatic carboxylic acids is 2. The molecule has 1 aromatic rings. The average molecular weight is 658 g/mol. The van der Waals surface area contributed by atoms with Crippen molar-refractivity contribution in [2.24, 2.45) is 5.73 Å². The van der Waals surface area contributed by atoms with Crippen LogP contribution in [0.15, 0.2) is 24.3 Å². The Kier molecular flexibility index (Phi) is 16.2. The third-order valence-electron chi connectivity index (χ3n) is 6.30. The average Bonchev–Trinajstić information content (AvgIpc) is 2.92. The molecule has 0 unspecified atom stereocenters. The Bertz CT molecular complexity index is 1330. The van der Waals surface area contributed by atoms with E-state index < -0.39 is 88.8 Å². The van der Waals surface area contributed by atoms with Gasteiger partial charge in [-0.15, -0.1) is 0 Å². The number of amides is 5. The monoisotopic (exact) mass is 657 g/mol.